The summed E-state index contributed by atoms with van der Waals surface area (Å²) < 4.78 is 18.7. The van der Waals surface area contributed by atoms with Gasteiger partial charge in [0, 0.05) is 10.6 Å². The highest BCUT2D eigenvalue weighted by atomic mass is 35.5. The maximum absolute atomic E-state index is 13.1. The summed E-state index contributed by atoms with van der Waals surface area (Å²) in [5, 5.41) is 10.3. The Morgan fingerprint density at radius 1 is 1.20 bits per heavy atom. The molecule has 2 rings (SSSR count). The van der Waals surface area contributed by atoms with Crippen molar-refractivity contribution in [1.82, 2.24) is 0 Å². The maximum Gasteiger partial charge on any atom is 0.141 e. The van der Waals surface area contributed by atoms with Crippen LogP contribution in [-0.4, -0.2) is 5.11 Å². The lowest BCUT2D eigenvalue weighted by molar-refractivity contribution is 0.190. The molecule has 0 aliphatic carbocycles. The Balaban J connectivity index is 2.16. The summed E-state index contributed by atoms with van der Waals surface area (Å²) in [6, 6.07) is 9.42. The fourth-order valence-corrected chi connectivity index (χ4v) is 2.15. The second-order valence-electron chi connectivity index (χ2n) is 4.40. The van der Waals surface area contributed by atoms with Gasteiger partial charge in [0.15, 0.2) is 0 Å². The van der Waals surface area contributed by atoms with Gasteiger partial charge in [-0.05, 0) is 42.8 Å². The van der Waals surface area contributed by atoms with Gasteiger partial charge in [-0.1, -0.05) is 29.3 Å². The lowest BCUT2D eigenvalue weighted by Crippen LogP contribution is -2.01. The number of aliphatic hydroxyl groups excluding tert-OH is 1. The molecule has 0 heterocycles. The largest absolute Gasteiger partial charge is 0.489 e. The molecule has 0 aliphatic heterocycles. The highest BCUT2D eigenvalue weighted by molar-refractivity contribution is 6.31. The maximum atomic E-state index is 13.1. The predicted octanol–water partition coefficient (Wildman–Crippen LogP) is 4.76. The summed E-state index contributed by atoms with van der Waals surface area (Å²) in [7, 11) is 0. The first-order valence-corrected chi connectivity index (χ1v) is 6.77. The molecule has 0 fully saturated rings. The molecule has 0 radical (unpaired) electrons. The van der Waals surface area contributed by atoms with E-state index in [0.717, 1.165) is 5.56 Å². The summed E-state index contributed by atoms with van der Waals surface area (Å²) >= 11 is 11.6. The molecule has 20 heavy (non-hydrogen) atoms. The van der Waals surface area contributed by atoms with Gasteiger partial charge >= 0.3 is 0 Å². The summed E-state index contributed by atoms with van der Waals surface area (Å²) in [5.74, 6) is 0.0661. The van der Waals surface area contributed by atoms with Crippen molar-refractivity contribution in [2.45, 2.75) is 19.6 Å². The van der Waals surface area contributed by atoms with Crippen LogP contribution < -0.4 is 4.74 Å². The molecule has 5 heteroatoms. The number of hydrogen-bond donors (Lipinski definition) is 1. The molecule has 2 aromatic rings. The zero-order chi connectivity index (χ0) is 14.7. The second-order valence-corrected chi connectivity index (χ2v) is 5.24. The minimum absolute atomic E-state index is 0.0537. The van der Waals surface area contributed by atoms with E-state index in [1.165, 1.54) is 12.1 Å². The first-order chi connectivity index (χ1) is 9.47. The van der Waals surface area contributed by atoms with Crippen molar-refractivity contribution in [2.24, 2.45) is 0 Å². The fourth-order valence-electron chi connectivity index (χ4n) is 1.77. The lowest BCUT2D eigenvalue weighted by atomic mass is 10.1. The number of aliphatic hydroxyl groups is 1. The molecule has 0 bridgehead atoms. The summed E-state index contributed by atoms with van der Waals surface area (Å²) in [6.45, 7) is 1.86. The van der Waals surface area contributed by atoms with Gasteiger partial charge in [-0.25, -0.2) is 4.39 Å². The van der Waals surface area contributed by atoms with E-state index in [0.29, 0.717) is 16.3 Å². The second kappa shape index (κ2) is 6.44. The van der Waals surface area contributed by atoms with Gasteiger partial charge in [0.25, 0.3) is 0 Å². The van der Waals surface area contributed by atoms with Crippen LogP contribution in [0.4, 0.5) is 4.39 Å². The number of rotatable bonds is 4. The van der Waals surface area contributed by atoms with Crippen LogP contribution >= 0.6 is 23.2 Å². The summed E-state index contributed by atoms with van der Waals surface area (Å²) in [5.41, 5.74) is 1.34. The van der Waals surface area contributed by atoms with E-state index in [1.54, 1.807) is 31.2 Å². The Morgan fingerprint density at radius 3 is 2.60 bits per heavy atom. The Morgan fingerprint density at radius 2 is 1.95 bits per heavy atom. The average Bonchev–Trinajstić information content (AvgIpc) is 2.41. The third-order valence-electron chi connectivity index (χ3n) is 2.80. The number of halogens is 3. The van der Waals surface area contributed by atoms with Crippen LogP contribution in [0, 0.1) is 5.82 Å². The summed E-state index contributed by atoms with van der Waals surface area (Å²) in [4.78, 5) is 0. The molecule has 0 aromatic heterocycles. The standard InChI is InChI=1S/C15H13Cl2FO2/c1-9(19)12-7-11(16)3-5-15(12)20-8-10-2-4-14(18)13(17)6-10/h2-7,9,19H,8H2,1H3/t9-/m1/s1. The molecule has 0 saturated heterocycles. The minimum atomic E-state index is -0.694. The van der Waals surface area contributed by atoms with E-state index in [9.17, 15) is 9.50 Å². The zero-order valence-electron chi connectivity index (χ0n) is 10.7. The van der Waals surface area contributed by atoms with E-state index < -0.39 is 11.9 Å². The monoisotopic (exact) mass is 314 g/mol. The van der Waals surface area contributed by atoms with Crippen molar-refractivity contribution < 1.29 is 14.2 Å². The first kappa shape index (κ1) is 15.1. The molecule has 106 valence electrons. The van der Waals surface area contributed by atoms with Gasteiger partial charge in [-0.15, -0.1) is 0 Å². The third kappa shape index (κ3) is 3.63. The Hall–Kier alpha value is -1.29. The van der Waals surface area contributed by atoms with Crippen molar-refractivity contribution >= 4 is 23.2 Å². The van der Waals surface area contributed by atoms with Crippen molar-refractivity contribution in [1.29, 1.82) is 0 Å². The molecule has 0 unspecified atom stereocenters. The molecule has 1 N–H and O–H groups in total. The van der Waals surface area contributed by atoms with Gasteiger partial charge in [0.2, 0.25) is 0 Å². The van der Waals surface area contributed by atoms with E-state index in [-0.39, 0.29) is 11.6 Å². The highest BCUT2D eigenvalue weighted by Gasteiger charge is 2.10. The van der Waals surface area contributed by atoms with Crippen molar-refractivity contribution in [2.75, 3.05) is 0 Å². The van der Waals surface area contributed by atoms with Gasteiger partial charge in [-0.2, -0.15) is 0 Å². The van der Waals surface area contributed by atoms with E-state index >= 15 is 0 Å². The van der Waals surface area contributed by atoms with Gasteiger partial charge < -0.3 is 9.84 Å². The van der Waals surface area contributed by atoms with Crippen LogP contribution in [0.25, 0.3) is 0 Å². The highest BCUT2D eigenvalue weighted by Crippen LogP contribution is 2.29. The Labute approximate surface area is 126 Å². The molecule has 2 aromatic carbocycles. The van der Waals surface area contributed by atoms with Crippen LogP contribution in [0.3, 0.4) is 0 Å². The Kier molecular flexibility index (Phi) is 4.86. The van der Waals surface area contributed by atoms with Crippen LogP contribution in [0.1, 0.15) is 24.2 Å². The average molecular weight is 315 g/mol. The van der Waals surface area contributed by atoms with Crippen LogP contribution in [0.15, 0.2) is 36.4 Å². The predicted molar refractivity (Wildman–Crippen MR) is 77.8 cm³/mol. The Bertz CT molecular complexity index is 615. The van der Waals surface area contributed by atoms with Crippen LogP contribution in [-0.2, 0) is 6.61 Å². The number of ether oxygens (including phenoxy) is 1. The smallest absolute Gasteiger partial charge is 0.141 e. The molecular formula is C15H13Cl2FO2. The van der Waals surface area contributed by atoms with E-state index in [1.807, 2.05) is 0 Å². The topological polar surface area (TPSA) is 29.5 Å². The van der Waals surface area contributed by atoms with Gasteiger partial charge in [-0.3, -0.25) is 0 Å². The number of hydrogen-bond acceptors (Lipinski definition) is 2. The van der Waals surface area contributed by atoms with Crippen molar-refractivity contribution in [3.8, 4) is 5.75 Å². The van der Waals surface area contributed by atoms with Crippen molar-refractivity contribution in [3.63, 3.8) is 0 Å². The lowest BCUT2D eigenvalue weighted by Gasteiger charge is -2.14. The number of benzene rings is 2. The molecule has 0 spiro atoms. The quantitative estimate of drug-likeness (QED) is 0.881. The SMILES string of the molecule is C[C@@H](O)c1cc(Cl)ccc1OCc1ccc(F)c(Cl)c1. The fraction of sp³-hybridized carbons (Fsp3) is 0.200. The van der Waals surface area contributed by atoms with Crippen LogP contribution in [0.2, 0.25) is 10.0 Å². The zero-order valence-corrected chi connectivity index (χ0v) is 12.2. The molecular weight excluding hydrogens is 302 g/mol. The molecule has 0 saturated carbocycles. The third-order valence-corrected chi connectivity index (χ3v) is 3.33. The van der Waals surface area contributed by atoms with E-state index in [4.69, 9.17) is 27.9 Å². The first-order valence-electron chi connectivity index (χ1n) is 6.01. The van der Waals surface area contributed by atoms with E-state index in [2.05, 4.69) is 0 Å². The van der Waals surface area contributed by atoms with Gasteiger partial charge in [0.05, 0.1) is 11.1 Å². The summed E-state index contributed by atoms with van der Waals surface area (Å²) in [6.07, 6.45) is -0.694. The normalized spacial score (nSPS) is 12.2. The van der Waals surface area contributed by atoms with Gasteiger partial charge in [0.1, 0.15) is 18.2 Å². The molecule has 2 nitrogen and oxygen atoms in total. The van der Waals surface area contributed by atoms with Crippen LogP contribution in [0.5, 0.6) is 5.75 Å². The minimum Gasteiger partial charge on any atom is -0.489 e. The molecule has 1 atom stereocenters. The van der Waals surface area contributed by atoms with Crippen molar-refractivity contribution in [3.05, 3.63) is 63.4 Å². The molecule has 0 amide bonds. The molecule has 0 aliphatic rings.